The second kappa shape index (κ2) is 7.16. The highest BCUT2D eigenvalue weighted by atomic mass is 16.5. The van der Waals surface area contributed by atoms with Gasteiger partial charge in [0.2, 0.25) is 0 Å². The first-order valence-electron chi connectivity index (χ1n) is 7.65. The predicted molar refractivity (Wildman–Crippen MR) is 90.1 cm³/mol. The monoisotopic (exact) mass is 283 g/mol. The van der Waals surface area contributed by atoms with Gasteiger partial charge in [-0.3, -0.25) is 0 Å². The average molecular weight is 283 g/mol. The Balaban J connectivity index is 1.92. The Morgan fingerprint density at radius 1 is 1.00 bits per heavy atom. The van der Waals surface area contributed by atoms with Crippen molar-refractivity contribution in [2.24, 2.45) is 0 Å². The van der Waals surface area contributed by atoms with Gasteiger partial charge in [0, 0.05) is 12.2 Å². The summed E-state index contributed by atoms with van der Waals surface area (Å²) in [6.45, 7) is 9.32. The molecule has 0 bridgehead atoms. The lowest BCUT2D eigenvalue weighted by Gasteiger charge is -2.13. The average Bonchev–Trinajstić information content (AvgIpc) is 2.50. The molecule has 0 aliphatic carbocycles. The molecule has 112 valence electrons. The topological polar surface area (TPSA) is 21.3 Å². The molecule has 0 heterocycles. The van der Waals surface area contributed by atoms with Crippen LogP contribution in [0.15, 0.2) is 42.5 Å². The number of hydrogen-bond acceptors (Lipinski definition) is 2. The quantitative estimate of drug-likeness (QED) is 0.797. The van der Waals surface area contributed by atoms with Crippen LogP contribution in [0, 0.1) is 13.8 Å². The highest BCUT2D eigenvalue weighted by molar-refractivity contribution is 5.48. The number of aryl methyl sites for hydroxylation is 2. The van der Waals surface area contributed by atoms with Crippen molar-refractivity contribution in [2.45, 2.75) is 46.8 Å². The van der Waals surface area contributed by atoms with Gasteiger partial charge < -0.3 is 10.1 Å². The Morgan fingerprint density at radius 2 is 1.71 bits per heavy atom. The molecule has 0 saturated heterocycles. The van der Waals surface area contributed by atoms with Gasteiger partial charge in [0.05, 0.1) is 6.10 Å². The lowest BCUT2D eigenvalue weighted by molar-refractivity contribution is 0.217. The molecule has 1 N–H and O–H groups in total. The molecule has 1 unspecified atom stereocenters. The van der Waals surface area contributed by atoms with Crippen LogP contribution in [0.5, 0.6) is 5.75 Å². The maximum Gasteiger partial charge on any atom is 0.119 e. The first-order valence-corrected chi connectivity index (χ1v) is 7.65. The molecule has 0 aliphatic heterocycles. The van der Waals surface area contributed by atoms with E-state index in [1.807, 2.05) is 12.1 Å². The van der Waals surface area contributed by atoms with Gasteiger partial charge in [0.1, 0.15) is 5.75 Å². The van der Waals surface area contributed by atoms with Crippen LogP contribution in [0.2, 0.25) is 0 Å². The number of benzene rings is 2. The van der Waals surface area contributed by atoms with Crippen molar-refractivity contribution < 1.29 is 4.74 Å². The second-order valence-electron chi connectivity index (χ2n) is 5.63. The molecule has 0 aromatic heterocycles. The van der Waals surface area contributed by atoms with Crippen molar-refractivity contribution in [1.82, 2.24) is 0 Å². The van der Waals surface area contributed by atoms with Crippen LogP contribution in [0.1, 0.15) is 37.0 Å². The van der Waals surface area contributed by atoms with Crippen LogP contribution in [0.25, 0.3) is 0 Å². The minimum absolute atomic E-state index is 0.268. The summed E-state index contributed by atoms with van der Waals surface area (Å²) < 4.78 is 5.79. The minimum atomic E-state index is 0.268. The molecule has 2 aromatic carbocycles. The predicted octanol–water partition coefficient (Wildman–Crippen LogP) is 5.09. The Labute approximate surface area is 128 Å². The Bertz CT molecular complexity index is 575. The first kappa shape index (κ1) is 15.4. The molecule has 0 radical (unpaired) electrons. The molecule has 0 saturated carbocycles. The largest absolute Gasteiger partial charge is 0.491 e. The maximum absolute atomic E-state index is 5.79. The van der Waals surface area contributed by atoms with E-state index in [0.29, 0.717) is 0 Å². The van der Waals surface area contributed by atoms with E-state index in [1.165, 1.54) is 16.7 Å². The van der Waals surface area contributed by atoms with Crippen molar-refractivity contribution in [2.75, 3.05) is 5.32 Å². The van der Waals surface area contributed by atoms with Crippen molar-refractivity contribution in [3.63, 3.8) is 0 Å². The van der Waals surface area contributed by atoms with Crippen molar-refractivity contribution in [1.29, 1.82) is 0 Å². The standard InChI is InChI=1S/C19H25NO/c1-5-16(4)21-19-10-7-17(8-11-19)13-20-18-9-6-14(2)15(3)12-18/h6-12,16,20H,5,13H2,1-4H3. The van der Waals surface area contributed by atoms with Crippen molar-refractivity contribution in [3.8, 4) is 5.75 Å². The van der Waals surface area contributed by atoms with E-state index in [4.69, 9.17) is 4.74 Å². The maximum atomic E-state index is 5.79. The van der Waals surface area contributed by atoms with E-state index < -0.39 is 0 Å². The van der Waals surface area contributed by atoms with Gasteiger partial charge in [-0.2, -0.15) is 0 Å². The van der Waals surface area contributed by atoms with Gasteiger partial charge in [0.25, 0.3) is 0 Å². The molecule has 2 aromatic rings. The summed E-state index contributed by atoms with van der Waals surface area (Å²) in [5.74, 6) is 0.944. The van der Waals surface area contributed by atoms with E-state index in [1.54, 1.807) is 0 Å². The Morgan fingerprint density at radius 3 is 2.33 bits per heavy atom. The van der Waals surface area contributed by atoms with Crippen LogP contribution in [0.3, 0.4) is 0 Å². The van der Waals surface area contributed by atoms with Crippen molar-refractivity contribution in [3.05, 3.63) is 59.2 Å². The normalized spacial score (nSPS) is 12.0. The SMILES string of the molecule is CCC(C)Oc1ccc(CNc2ccc(C)c(C)c2)cc1. The first-order chi connectivity index (χ1) is 10.1. The number of rotatable bonds is 6. The molecule has 2 nitrogen and oxygen atoms in total. The zero-order valence-electron chi connectivity index (χ0n) is 13.4. The van der Waals surface area contributed by atoms with Crippen LogP contribution >= 0.6 is 0 Å². The van der Waals surface area contributed by atoms with Gasteiger partial charge in [-0.25, -0.2) is 0 Å². The van der Waals surface area contributed by atoms with E-state index in [-0.39, 0.29) is 6.10 Å². The molecule has 0 spiro atoms. The molecule has 2 heteroatoms. The summed E-state index contributed by atoms with van der Waals surface area (Å²) in [7, 11) is 0. The molecule has 0 fully saturated rings. The molecule has 0 amide bonds. The van der Waals surface area contributed by atoms with Gasteiger partial charge in [-0.15, -0.1) is 0 Å². The number of nitrogens with one attached hydrogen (secondary N) is 1. The summed E-state index contributed by atoms with van der Waals surface area (Å²) in [6.07, 6.45) is 1.29. The van der Waals surface area contributed by atoms with E-state index in [9.17, 15) is 0 Å². The van der Waals surface area contributed by atoms with Crippen LogP contribution in [0.4, 0.5) is 5.69 Å². The molecule has 0 aliphatic rings. The van der Waals surface area contributed by atoms with Gasteiger partial charge in [-0.1, -0.05) is 25.1 Å². The molecular formula is C19H25NO. The number of anilines is 1. The number of hydrogen-bond donors (Lipinski definition) is 1. The highest BCUT2D eigenvalue weighted by Crippen LogP contribution is 2.17. The number of ether oxygens (including phenoxy) is 1. The Hall–Kier alpha value is -1.96. The summed E-state index contributed by atoms with van der Waals surface area (Å²) in [4.78, 5) is 0. The summed E-state index contributed by atoms with van der Waals surface area (Å²) in [6, 6.07) is 14.8. The third-order valence-corrected chi connectivity index (χ3v) is 3.84. The van der Waals surface area contributed by atoms with Gasteiger partial charge in [-0.05, 0) is 68.1 Å². The summed E-state index contributed by atoms with van der Waals surface area (Å²) in [5, 5.41) is 3.46. The molecule has 2 rings (SSSR count). The fourth-order valence-electron chi connectivity index (χ4n) is 2.06. The zero-order chi connectivity index (χ0) is 15.2. The minimum Gasteiger partial charge on any atom is -0.491 e. The second-order valence-corrected chi connectivity index (χ2v) is 5.63. The fourth-order valence-corrected chi connectivity index (χ4v) is 2.06. The van der Waals surface area contributed by atoms with Gasteiger partial charge in [0.15, 0.2) is 0 Å². The highest BCUT2D eigenvalue weighted by Gasteiger charge is 2.01. The molecule has 21 heavy (non-hydrogen) atoms. The van der Waals surface area contributed by atoms with Crippen LogP contribution in [-0.4, -0.2) is 6.10 Å². The van der Waals surface area contributed by atoms with E-state index in [2.05, 4.69) is 63.3 Å². The Kier molecular flexibility index (Phi) is 5.26. The van der Waals surface area contributed by atoms with Crippen LogP contribution < -0.4 is 10.1 Å². The lowest BCUT2D eigenvalue weighted by Crippen LogP contribution is -2.09. The summed E-state index contributed by atoms with van der Waals surface area (Å²) in [5.41, 5.74) is 5.06. The summed E-state index contributed by atoms with van der Waals surface area (Å²) >= 11 is 0. The van der Waals surface area contributed by atoms with Gasteiger partial charge >= 0.3 is 0 Å². The van der Waals surface area contributed by atoms with E-state index in [0.717, 1.165) is 24.4 Å². The molecular weight excluding hydrogens is 258 g/mol. The molecule has 1 atom stereocenters. The fraction of sp³-hybridized carbons (Fsp3) is 0.368. The smallest absolute Gasteiger partial charge is 0.119 e. The van der Waals surface area contributed by atoms with E-state index >= 15 is 0 Å². The third-order valence-electron chi connectivity index (χ3n) is 3.84. The lowest BCUT2D eigenvalue weighted by atomic mass is 10.1. The van der Waals surface area contributed by atoms with Crippen molar-refractivity contribution >= 4 is 5.69 Å². The third kappa shape index (κ3) is 4.52. The zero-order valence-corrected chi connectivity index (χ0v) is 13.4. The van der Waals surface area contributed by atoms with Crippen LogP contribution in [-0.2, 0) is 6.54 Å².